The SMILES string of the molecule is O=C(NC1CC1)c1ccc(N2CCC([C@H](O)c3ccccc3)CC2)nc1. The van der Waals surface area contributed by atoms with E-state index in [2.05, 4.69) is 15.2 Å². The van der Waals surface area contributed by atoms with Crippen molar-refractivity contribution in [1.29, 1.82) is 0 Å². The topological polar surface area (TPSA) is 65.5 Å². The first-order chi connectivity index (χ1) is 12.7. The number of nitrogens with zero attached hydrogens (tertiary/aromatic N) is 2. The van der Waals surface area contributed by atoms with Crippen LogP contribution in [0.25, 0.3) is 0 Å². The van der Waals surface area contributed by atoms with Crippen LogP contribution in [0.1, 0.15) is 47.7 Å². The van der Waals surface area contributed by atoms with Crippen LogP contribution in [0.5, 0.6) is 0 Å². The van der Waals surface area contributed by atoms with Gasteiger partial charge in [0.05, 0.1) is 11.7 Å². The van der Waals surface area contributed by atoms with Crippen LogP contribution in [0.4, 0.5) is 5.82 Å². The van der Waals surface area contributed by atoms with Crippen molar-refractivity contribution in [3.8, 4) is 0 Å². The molecule has 2 aliphatic rings. The number of aromatic nitrogens is 1. The number of rotatable bonds is 5. The molecular weight excluding hydrogens is 326 g/mol. The van der Waals surface area contributed by atoms with Gasteiger partial charge < -0.3 is 15.3 Å². The van der Waals surface area contributed by atoms with E-state index in [1.807, 2.05) is 42.5 Å². The molecule has 1 amide bonds. The number of piperidine rings is 1. The van der Waals surface area contributed by atoms with Crippen molar-refractivity contribution in [3.05, 3.63) is 59.8 Å². The predicted molar refractivity (Wildman–Crippen MR) is 101 cm³/mol. The quantitative estimate of drug-likeness (QED) is 0.869. The molecule has 2 N–H and O–H groups in total. The van der Waals surface area contributed by atoms with E-state index in [-0.39, 0.29) is 11.8 Å². The fraction of sp³-hybridized carbons (Fsp3) is 0.429. The first-order valence-electron chi connectivity index (χ1n) is 9.45. The van der Waals surface area contributed by atoms with Gasteiger partial charge in [0.1, 0.15) is 5.82 Å². The number of carbonyl (C=O) groups excluding carboxylic acids is 1. The van der Waals surface area contributed by atoms with Crippen LogP contribution in [0.3, 0.4) is 0 Å². The van der Waals surface area contributed by atoms with Crippen molar-refractivity contribution < 1.29 is 9.90 Å². The Morgan fingerprint density at radius 2 is 1.81 bits per heavy atom. The Balaban J connectivity index is 1.33. The minimum atomic E-state index is -0.403. The Labute approximate surface area is 154 Å². The highest BCUT2D eigenvalue weighted by molar-refractivity contribution is 5.94. The van der Waals surface area contributed by atoms with Crippen LogP contribution in [-0.4, -0.2) is 35.1 Å². The Bertz CT molecular complexity index is 736. The molecule has 0 bridgehead atoms. The van der Waals surface area contributed by atoms with Gasteiger partial charge in [0.15, 0.2) is 0 Å². The number of aliphatic hydroxyl groups excluding tert-OH is 1. The molecule has 0 radical (unpaired) electrons. The first-order valence-corrected chi connectivity index (χ1v) is 9.45. The zero-order chi connectivity index (χ0) is 17.9. The summed E-state index contributed by atoms with van der Waals surface area (Å²) >= 11 is 0. The third-order valence-corrected chi connectivity index (χ3v) is 5.37. The Morgan fingerprint density at radius 3 is 2.42 bits per heavy atom. The lowest BCUT2D eigenvalue weighted by Gasteiger charge is -2.35. The molecule has 1 saturated carbocycles. The molecule has 4 rings (SSSR count). The van der Waals surface area contributed by atoms with Gasteiger partial charge in [-0.3, -0.25) is 4.79 Å². The maximum atomic E-state index is 12.0. The summed E-state index contributed by atoms with van der Waals surface area (Å²) < 4.78 is 0. The molecule has 5 heteroatoms. The lowest BCUT2D eigenvalue weighted by molar-refractivity contribution is 0.0927. The summed E-state index contributed by atoms with van der Waals surface area (Å²) in [6.45, 7) is 1.74. The summed E-state index contributed by atoms with van der Waals surface area (Å²) in [5.41, 5.74) is 1.62. The van der Waals surface area contributed by atoms with E-state index in [4.69, 9.17) is 0 Å². The number of benzene rings is 1. The largest absolute Gasteiger partial charge is 0.388 e. The zero-order valence-corrected chi connectivity index (χ0v) is 14.8. The highest BCUT2D eigenvalue weighted by Crippen LogP contribution is 2.31. The molecule has 1 saturated heterocycles. The third-order valence-electron chi connectivity index (χ3n) is 5.37. The highest BCUT2D eigenvalue weighted by atomic mass is 16.3. The molecule has 1 aliphatic heterocycles. The van der Waals surface area contributed by atoms with E-state index in [0.717, 1.165) is 50.2 Å². The zero-order valence-electron chi connectivity index (χ0n) is 14.8. The molecule has 2 aromatic rings. The number of hydrogen-bond donors (Lipinski definition) is 2. The second kappa shape index (κ2) is 7.46. The van der Waals surface area contributed by atoms with Gasteiger partial charge in [0, 0.05) is 25.3 Å². The maximum absolute atomic E-state index is 12.0. The average Bonchev–Trinajstić information content (AvgIpc) is 3.52. The lowest BCUT2D eigenvalue weighted by atomic mass is 9.87. The maximum Gasteiger partial charge on any atom is 0.253 e. The van der Waals surface area contributed by atoms with Crippen molar-refractivity contribution >= 4 is 11.7 Å². The molecule has 2 fully saturated rings. The predicted octanol–water partition coefficient (Wildman–Crippen LogP) is 2.92. The summed E-state index contributed by atoms with van der Waals surface area (Å²) in [5, 5.41) is 13.6. The highest BCUT2D eigenvalue weighted by Gasteiger charge is 2.27. The minimum Gasteiger partial charge on any atom is -0.388 e. The monoisotopic (exact) mass is 351 g/mol. The number of pyridine rings is 1. The molecule has 5 nitrogen and oxygen atoms in total. The van der Waals surface area contributed by atoms with E-state index in [1.165, 1.54) is 0 Å². The summed E-state index contributed by atoms with van der Waals surface area (Å²) in [5.74, 6) is 1.15. The summed E-state index contributed by atoms with van der Waals surface area (Å²) in [4.78, 5) is 18.8. The molecule has 1 aromatic heterocycles. The normalized spacial score (nSPS) is 19.2. The average molecular weight is 351 g/mol. The van der Waals surface area contributed by atoms with E-state index in [1.54, 1.807) is 6.20 Å². The summed E-state index contributed by atoms with van der Waals surface area (Å²) in [7, 11) is 0. The fourth-order valence-electron chi connectivity index (χ4n) is 3.57. The van der Waals surface area contributed by atoms with Crippen molar-refractivity contribution in [1.82, 2.24) is 10.3 Å². The molecule has 136 valence electrons. The molecule has 1 atom stereocenters. The van der Waals surface area contributed by atoms with Crippen LogP contribution in [0.15, 0.2) is 48.7 Å². The van der Waals surface area contributed by atoms with Gasteiger partial charge >= 0.3 is 0 Å². The molecule has 0 unspecified atom stereocenters. The van der Waals surface area contributed by atoms with Gasteiger partial charge in [-0.1, -0.05) is 30.3 Å². The van der Waals surface area contributed by atoms with Gasteiger partial charge in [-0.2, -0.15) is 0 Å². The van der Waals surface area contributed by atoms with Crippen molar-refractivity contribution in [3.63, 3.8) is 0 Å². The number of anilines is 1. The van der Waals surface area contributed by atoms with Crippen molar-refractivity contribution in [2.24, 2.45) is 5.92 Å². The molecule has 26 heavy (non-hydrogen) atoms. The standard InChI is InChI=1S/C21H25N3O2/c25-20(15-4-2-1-3-5-15)16-10-12-24(13-11-16)19-9-6-17(14-22-19)21(26)23-18-7-8-18/h1-6,9,14,16,18,20,25H,7-8,10-13H2,(H,23,26)/t20-/m1/s1. The second-order valence-corrected chi connectivity index (χ2v) is 7.33. The van der Waals surface area contributed by atoms with Crippen molar-refractivity contribution in [2.45, 2.75) is 37.8 Å². The second-order valence-electron chi connectivity index (χ2n) is 7.33. The number of nitrogens with one attached hydrogen (secondary N) is 1. The first kappa shape index (κ1) is 17.0. The number of amides is 1. The van der Waals surface area contributed by atoms with E-state index in [0.29, 0.717) is 11.6 Å². The minimum absolute atomic E-state index is 0.0313. The van der Waals surface area contributed by atoms with Crippen molar-refractivity contribution in [2.75, 3.05) is 18.0 Å². The van der Waals surface area contributed by atoms with E-state index in [9.17, 15) is 9.90 Å². The van der Waals surface area contributed by atoms with Gasteiger partial charge in [-0.15, -0.1) is 0 Å². The van der Waals surface area contributed by atoms with E-state index < -0.39 is 6.10 Å². The Kier molecular flexibility index (Phi) is 4.89. The Hall–Kier alpha value is -2.40. The molecule has 2 heterocycles. The molecule has 0 spiro atoms. The fourth-order valence-corrected chi connectivity index (χ4v) is 3.57. The smallest absolute Gasteiger partial charge is 0.253 e. The van der Waals surface area contributed by atoms with Crippen LogP contribution in [-0.2, 0) is 0 Å². The van der Waals surface area contributed by atoms with Crippen LogP contribution >= 0.6 is 0 Å². The summed E-state index contributed by atoms with van der Waals surface area (Å²) in [6.07, 6.45) is 5.29. The summed E-state index contributed by atoms with van der Waals surface area (Å²) in [6, 6.07) is 14.0. The van der Waals surface area contributed by atoms with Gasteiger partial charge in [-0.25, -0.2) is 4.98 Å². The van der Waals surface area contributed by atoms with Crippen LogP contribution in [0.2, 0.25) is 0 Å². The van der Waals surface area contributed by atoms with Crippen LogP contribution in [0, 0.1) is 5.92 Å². The molecule has 1 aromatic carbocycles. The van der Waals surface area contributed by atoms with Crippen LogP contribution < -0.4 is 10.2 Å². The lowest BCUT2D eigenvalue weighted by Crippen LogP contribution is -2.36. The number of hydrogen-bond acceptors (Lipinski definition) is 4. The van der Waals surface area contributed by atoms with Gasteiger partial charge in [0.2, 0.25) is 0 Å². The Morgan fingerprint density at radius 1 is 1.08 bits per heavy atom. The van der Waals surface area contributed by atoms with E-state index >= 15 is 0 Å². The third kappa shape index (κ3) is 3.88. The number of carbonyl (C=O) groups is 1. The molecular formula is C21H25N3O2. The number of aliphatic hydroxyl groups is 1. The molecule has 1 aliphatic carbocycles. The van der Waals surface area contributed by atoms with Gasteiger partial charge in [0.25, 0.3) is 5.91 Å². The van der Waals surface area contributed by atoms with Gasteiger partial charge in [-0.05, 0) is 49.3 Å².